The molecule has 0 saturated carbocycles. The van der Waals surface area contributed by atoms with E-state index in [2.05, 4.69) is 0 Å². The van der Waals surface area contributed by atoms with Crippen molar-refractivity contribution in [2.24, 2.45) is 0 Å². The molecule has 0 unspecified atom stereocenters. The first kappa shape index (κ1) is 19.4. The summed E-state index contributed by atoms with van der Waals surface area (Å²) in [6.45, 7) is 4.39. The zero-order valence-corrected chi connectivity index (χ0v) is 15.7. The fourth-order valence-electron chi connectivity index (χ4n) is 2.64. The van der Waals surface area contributed by atoms with Crippen molar-refractivity contribution in [2.75, 3.05) is 26.6 Å². The lowest BCUT2D eigenvalue weighted by Crippen LogP contribution is -2.06. The monoisotopic (exact) mass is 355 g/mol. The summed E-state index contributed by atoms with van der Waals surface area (Å²) >= 11 is 0. The highest BCUT2D eigenvalue weighted by molar-refractivity contribution is 6.13. The van der Waals surface area contributed by atoms with Crippen molar-refractivity contribution in [3.05, 3.63) is 53.1 Å². The summed E-state index contributed by atoms with van der Waals surface area (Å²) in [4.78, 5) is 13.0. The normalized spacial score (nSPS) is 11.2. The van der Waals surface area contributed by atoms with E-state index in [1.165, 1.54) is 0 Å². The summed E-state index contributed by atoms with van der Waals surface area (Å²) in [5.41, 5.74) is 8.53. The number of hydrogen-bond acceptors (Lipinski definition) is 5. The first-order chi connectivity index (χ1) is 12.5. The van der Waals surface area contributed by atoms with E-state index in [-0.39, 0.29) is 5.78 Å². The van der Waals surface area contributed by atoms with E-state index in [0.717, 1.165) is 5.56 Å². The lowest BCUT2D eigenvalue weighted by Gasteiger charge is -2.12. The Labute approximate surface area is 154 Å². The molecule has 0 aromatic heterocycles. The molecule has 0 atom stereocenters. The van der Waals surface area contributed by atoms with E-state index < -0.39 is 0 Å². The molecular formula is C21H25NO4. The number of methoxy groups -OCH3 is 2. The maximum absolute atomic E-state index is 13.0. The second-order valence-electron chi connectivity index (χ2n) is 5.65. The van der Waals surface area contributed by atoms with Crippen LogP contribution < -0.4 is 19.9 Å². The Morgan fingerprint density at radius 3 is 2.35 bits per heavy atom. The van der Waals surface area contributed by atoms with Gasteiger partial charge < -0.3 is 19.9 Å². The molecule has 138 valence electrons. The first-order valence-electron chi connectivity index (χ1n) is 8.53. The van der Waals surface area contributed by atoms with Gasteiger partial charge >= 0.3 is 0 Å². The van der Waals surface area contributed by atoms with E-state index in [4.69, 9.17) is 19.9 Å². The van der Waals surface area contributed by atoms with Crippen LogP contribution in [0.15, 0.2) is 42.0 Å². The van der Waals surface area contributed by atoms with Gasteiger partial charge in [-0.05, 0) is 55.3 Å². The Hall–Kier alpha value is -2.95. The van der Waals surface area contributed by atoms with Gasteiger partial charge in [-0.2, -0.15) is 0 Å². The molecule has 0 saturated heterocycles. The van der Waals surface area contributed by atoms with Crippen molar-refractivity contribution in [1.29, 1.82) is 0 Å². The Bertz CT molecular complexity index is 812. The Morgan fingerprint density at radius 2 is 1.77 bits per heavy atom. The molecule has 0 aliphatic heterocycles. The van der Waals surface area contributed by atoms with Gasteiger partial charge in [-0.25, -0.2) is 0 Å². The van der Waals surface area contributed by atoms with Crippen molar-refractivity contribution < 1.29 is 19.0 Å². The molecule has 0 spiro atoms. The van der Waals surface area contributed by atoms with E-state index in [1.807, 2.05) is 32.1 Å². The van der Waals surface area contributed by atoms with Crippen molar-refractivity contribution in [1.82, 2.24) is 0 Å². The maximum atomic E-state index is 13.0. The van der Waals surface area contributed by atoms with Crippen LogP contribution in [-0.4, -0.2) is 26.6 Å². The molecule has 2 aromatic rings. The number of rotatable bonds is 8. The molecule has 0 fully saturated rings. The fraction of sp³-hybridized carbons (Fsp3) is 0.286. The Morgan fingerprint density at radius 1 is 1.04 bits per heavy atom. The number of carbonyl (C=O) groups is 1. The molecule has 2 aromatic carbocycles. The number of anilines is 1. The zero-order valence-electron chi connectivity index (χ0n) is 15.7. The molecule has 0 amide bonds. The van der Waals surface area contributed by atoms with Crippen LogP contribution in [0.25, 0.3) is 6.08 Å². The topological polar surface area (TPSA) is 70.8 Å². The minimum atomic E-state index is -0.101. The molecular weight excluding hydrogens is 330 g/mol. The molecule has 0 radical (unpaired) electrons. The third-order valence-corrected chi connectivity index (χ3v) is 4.00. The average molecular weight is 355 g/mol. The molecule has 5 heteroatoms. The molecule has 0 aliphatic rings. The maximum Gasteiger partial charge on any atom is 0.192 e. The average Bonchev–Trinajstić information content (AvgIpc) is 2.67. The summed E-state index contributed by atoms with van der Waals surface area (Å²) in [5, 5.41) is 0. The van der Waals surface area contributed by atoms with Gasteiger partial charge in [0, 0.05) is 5.57 Å². The summed E-state index contributed by atoms with van der Waals surface area (Å²) in [6, 6.07) is 10.7. The van der Waals surface area contributed by atoms with Crippen LogP contribution in [0.4, 0.5) is 5.69 Å². The molecule has 5 nitrogen and oxygen atoms in total. The van der Waals surface area contributed by atoms with Crippen LogP contribution in [-0.2, 0) is 0 Å². The largest absolute Gasteiger partial charge is 0.497 e. The Balaban J connectivity index is 2.40. The van der Waals surface area contributed by atoms with Crippen molar-refractivity contribution in [3.8, 4) is 17.2 Å². The van der Waals surface area contributed by atoms with Gasteiger partial charge in [0.25, 0.3) is 0 Å². The zero-order chi connectivity index (χ0) is 19.1. The third-order valence-electron chi connectivity index (χ3n) is 4.00. The molecule has 0 bridgehead atoms. The van der Waals surface area contributed by atoms with Gasteiger partial charge in [0.15, 0.2) is 5.78 Å². The standard InChI is InChI=1S/C21H25NO4/c1-5-15(11-14-7-9-20(26-6-2)18(22)12-14)21(23)17-13-16(24-3)8-10-19(17)25-4/h7-13H,5-6,22H2,1-4H3. The third kappa shape index (κ3) is 4.36. The van der Waals surface area contributed by atoms with Crippen molar-refractivity contribution in [3.63, 3.8) is 0 Å². The van der Waals surface area contributed by atoms with Gasteiger partial charge in [0.2, 0.25) is 0 Å². The summed E-state index contributed by atoms with van der Waals surface area (Å²) in [6.07, 6.45) is 2.42. The highest BCUT2D eigenvalue weighted by Crippen LogP contribution is 2.29. The van der Waals surface area contributed by atoms with Gasteiger partial charge in [-0.15, -0.1) is 0 Å². The number of carbonyl (C=O) groups excluding carboxylic acids is 1. The SMILES string of the molecule is CCOc1ccc(C=C(CC)C(=O)c2cc(OC)ccc2OC)cc1N. The van der Waals surface area contributed by atoms with Crippen LogP contribution in [0.1, 0.15) is 36.2 Å². The van der Waals surface area contributed by atoms with E-state index >= 15 is 0 Å². The van der Waals surface area contributed by atoms with Gasteiger partial charge in [0.05, 0.1) is 32.1 Å². The first-order valence-corrected chi connectivity index (χ1v) is 8.53. The van der Waals surface area contributed by atoms with E-state index in [0.29, 0.717) is 47.1 Å². The van der Waals surface area contributed by atoms with E-state index in [9.17, 15) is 4.79 Å². The molecule has 2 rings (SSSR count). The summed E-state index contributed by atoms with van der Waals surface area (Å²) < 4.78 is 16.0. The lowest BCUT2D eigenvalue weighted by atomic mass is 9.98. The Kier molecular flexibility index (Phi) is 6.67. The van der Waals surface area contributed by atoms with Gasteiger partial charge in [-0.1, -0.05) is 13.0 Å². The quantitative estimate of drug-likeness (QED) is 0.433. The second-order valence-corrected chi connectivity index (χ2v) is 5.65. The highest BCUT2D eigenvalue weighted by Gasteiger charge is 2.17. The van der Waals surface area contributed by atoms with Crippen LogP contribution >= 0.6 is 0 Å². The molecule has 2 N–H and O–H groups in total. The number of allylic oxidation sites excluding steroid dienone is 1. The number of ether oxygens (including phenoxy) is 3. The predicted octanol–water partition coefficient (Wildman–Crippen LogP) is 4.36. The fourth-order valence-corrected chi connectivity index (χ4v) is 2.64. The smallest absolute Gasteiger partial charge is 0.192 e. The van der Waals surface area contributed by atoms with Crippen LogP contribution in [0.5, 0.6) is 17.2 Å². The number of hydrogen-bond donors (Lipinski definition) is 1. The lowest BCUT2D eigenvalue weighted by molar-refractivity contribution is 0.102. The number of Topliss-reactive ketones (excluding diaryl/α,β-unsaturated/α-hetero) is 1. The van der Waals surface area contributed by atoms with Crippen LogP contribution in [0.2, 0.25) is 0 Å². The second kappa shape index (κ2) is 8.94. The molecule has 26 heavy (non-hydrogen) atoms. The van der Waals surface area contributed by atoms with Gasteiger partial charge in [-0.3, -0.25) is 4.79 Å². The predicted molar refractivity (Wildman–Crippen MR) is 104 cm³/mol. The number of nitrogens with two attached hydrogens (primary N) is 1. The minimum absolute atomic E-state index is 0.101. The summed E-state index contributed by atoms with van der Waals surface area (Å²) in [7, 11) is 3.11. The highest BCUT2D eigenvalue weighted by atomic mass is 16.5. The van der Waals surface area contributed by atoms with Crippen LogP contribution in [0.3, 0.4) is 0 Å². The number of ketones is 1. The molecule has 0 aliphatic carbocycles. The van der Waals surface area contributed by atoms with Crippen molar-refractivity contribution >= 4 is 17.5 Å². The number of benzene rings is 2. The number of nitrogen functional groups attached to an aromatic ring is 1. The summed E-state index contributed by atoms with van der Waals surface area (Å²) in [5.74, 6) is 1.66. The van der Waals surface area contributed by atoms with Crippen LogP contribution in [0, 0.1) is 0 Å². The molecule has 0 heterocycles. The van der Waals surface area contributed by atoms with E-state index in [1.54, 1.807) is 38.5 Å². The van der Waals surface area contributed by atoms with Crippen molar-refractivity contribution in [2.45, 2.75) is 20.3 Å². The minimum Gasteiger partial charge on any atom is -0.497 e. The van der Waals surface area contributed by atoms with Gasteiger partial charge in [0.1, 0.15) is 17.2 Å².